The molecule has 0 radical (unpaired) electrons. The predicted molar refractivity (Wildman–Crippen MR) is 128 cm³/mol. The van der Waals surface area contributed by atoms with Gasteiger partial charge in [-0.25, -0.2) is 0 Å². The Balaban J connectivity index is 2.16. The van der Waals surface area contributed by atoms with E-state index in [1.807, 2.05) is 52.0 Å². The number of amides is 2. The van der Waals surface area contributed by atoms with Gasteiger partial charge in [0.05, 0.1) is 0 Å². The first-order chi connectivity index (χ1) is 14.6. The molecule has 0 heterocycles. The Morgan fingerprint density at radius 2 is 1.68 bits per heavy atom. The van der Waals surface area contributed by atoms with E-state index in [9.17, 15) is 9.59 Å². The van der Waals surface area contributed by atoms with Crippen LogP contribution in [0.15, 0.2) is 40.9 Å². The number of hydrogen-bond donors (Lipinski definition) is 1. The van der Waals surface area contributed by atoms with Crippen molar-refractivity contribution in [1.29, 1.82) is 0 Å². The minimum Gasteiger partial charge on any atom is -0.484 e. The van der Waals surface area contributed by atoms with E-state index >= 15 is 0 Å². The first-order valence-corrected chi connectivity index (χ1v) is 11.5. The Bertz CT molecular complexity index is 893. The largest absolute Gasteiger partial charge is 0.484 e. The van der Waals surface area contributed by atoms with Crippen molar-refractivity contribution < 1.29 is 14.3 Å². The van der Waals surface area contributed by atoms with Crippen molar-refractivity contribution >= 4 is 39.3 Å². The fourth-order valence-electron chi connectivity index (χ4n) is 3.04. The van der Waals surface area contributed by atoms with Crippen molar-refractivity contribution in [3.8, 4) is 5.75 Å². The van der Waals surface area contributed by atoms with E-state index in [1.165, 1.54) is 0 Å². The van der Waals surface area contributed by atoms with Crippen molar-refractivity contribution in [2.45, 2.75) is 47.2 Å². The van der Waals surface area contributed by atoms with Crippen LogP contribution in [0.3, 0.4) is 0 Å². The Morgan fingerprint density at radius 1 is 1.10 bits per heavy atom. The summed E-state index contributed by atoms with van der Waals surface area (Å²) in [6, 6.07) is 10.7. The van der Waals surface area contributed by atoms with Crippen molar-refractivity contribution in [2.75, 3.05) is 13.2 Å². The number of carbonyl (C=O) groups is 2. The van der Waals surface area contributed by atoms with Crippen LogP contribution in [0, 0.1) is 19.8 Å². The lowest BCUT2D eigenvalue weighted by Gasteiger charge is -2.29. The third-order valence-electron chi connectivity index (χ3n) is 4.89. The van der Waals surface area contributed by atoms with Crippen molar-refractivity contribution in [3.63, 3.8) is 0 Å². The van der Waals surface area contributed by atoms with E-state index in [4.69, 9.17) is 16.3 Å². The summed E-state index contributed by atoms with van der Waals surface area (Å²) in [7, 11) is 0. The molecule has 2 rings (SSSR count). The van der Waals surface area contributed by atoms with Gasteiger partial charge in [-0.15, -0.1) is 0 Å². The van der Waals surface area contributed by atoms with Crippen molar-refractivity contribution in [1.82, 2.24) is 10.2 Å². The highest BCUT2D eigenvalue weighted by Crippen LogP contribution is 2.26. The van der Waals surface area contributed by atoms with E-state index in [0.717, 1.165) is 21.2 Å². The Labute approximate surface area is 198 Å². The highest BCUT2D eigenvalue weighted by molar-refractivity contribution is 9.10. The van der Waals surface area contributed by atoms with Gasteiger partial charge in [-0.1, -0.05) is 53.5 Å². The average molecular weight is 510 g/mol. The molecule has 2 amide bonds. The van der Waals surface area contributed by atoms with Crippen LogP contribution in [0.25, 0.3) is 0 Å². The summed E-state index contributed by atoms with van der Waals surface area (Å²) in [5.41, 5.74) is 2.70. The minimum absolute atomic E-state index is 0.168. The molecule has 31 heavy (non-hydrogen) atoms. The second-order valence-corrected chi connectivity index (χ2v) is 9.42. The van der Waals surface area contributed by atoms with Crippen LogP contribution in [-0.2, 0) is 16.1 Å². The Kier molecular flexibility index (Phi) is 9.38. The van der Waals surface area contributed by atoms with E-state index in [0.29, 0.717) is 29.8 Å². The maximum atomic E-state index is 13.1. The van der Waals surface area contributed by atoms with E-state index in [-0.39, 0.29) is 18.4 Å². The number of ether oxygens (including phenoxy) is 1. The summed E-state index contributed by atoms with van der Waals surface area (Å²) in [5, 5.41) is 3.60. The number of benzene rings is 2. The summed E-state index contributed by atoms with van der Waals surface area (Å²) < 4.78 is 6.71. The smallest absolute Gasteiger partial charge is 0.261 e. The molecule has 0 bridgehead atoms. The molecule has 2 aromatic carbocycles. The topological polar surface area (TPSA) is 58.6 Å². The summed E-state index contributed by atoms with van der Waals surface area (Å²) >= 11 is 9.63. The number of halogens is 2. The molecule has 5 nitrogen and oxygen atoms in total. The molecule has 0 aliphatic rings. The van der Waals surface area contributed by atoms with Crippen LogP contribution in [-0.4, -0.2) is 35.9 Å². The van der Waals surface area contributed by atoms with Crippen LogP contribution < -0.4 is 10.1 Å². The van der Waals surface area contributed by atoms with Gasteiger partial charge in [0.25, 0.3) is 5.91 Å². The van der Waals surface area contributed by atoms with Gasteiger partial charge >= 0.3 is 0 Å². The lowest BCUT2D eigenvalue weighted by Crippen LogP contribution is -2.49. The monoisotopic (exact) mass is 508 g/mol. The highest BCUT2D eigenvalue weighted by Gasteiger charge is 2.26. The standard InChI is InChI=1S/C24H30BrClN2O3/c1-15(2)12-27-24(30)18(5)28(13-19-6-8-20(25)9-7-19)22(29)14-31-21-10-16(3)23(26)17(4)11-21/h6-11,15,18H,12-14H2,1-5H3,(H,27,30)/t18-/m0/s1. The maximum Gasteiger partial charge on any atom is 0.261 e. The normalized spacial score (nSPS) is 11.9. The zero-order chi connectivity index (χ0) is 23.1. The van der Waals surface area contributed by atoms with Crippen LogP contribution in [0.5, 0.6) is 5.75 Å². The number of rotatable bonds is 9. The van der Waals surface area contributed by atoms with Gasteiger partial charge < -0.3 is 15.0 Å². The number of nitrogens with zero attached hydrogens (tertiary/aromatic N) is 1. The molecule has 0 aliphatic carbocycles. The van der Waals surface area contributed by atoms with Gasteiger partial charge in [-0.3, -0.25) is 9.59 Å². The van der Waals surface area contributed by atoms with Gasteiger partial charge in [-0.05, 0) is 67.6 Å². The molecule has 7 heteroatoms. The second kappa shape index (κ2) is 11.5. The third-order valence-corrected chi connectivity index (χ3v) is 6.02. The van der Waals surface area contributed by atoms with Crippen LogP contribution in [0.1, 0.15) is 37.5 Å². The Hall–Kier alpha value is -2.05. The molecule has 1 atom stereocenters. The molecule has 0 saturated heterocycles. The first-order valence-electron chi connectivity index (χ1n) is 10.3. The summed E-state index contributed by atoms with van der Waals surface area (Å²) in [6.45, 7) is 10.3. The molecule has 168 valence electrons. The quantitative estimate of drug-likeness (QED) is 0.500. The fourth-order valence-corrected chi connectivity index (χ4v) is 3.41. The molecule has 0 fully saturated rings. The molecular weight excluding hydrogens is 480 g/mol. The number of aryl methyl sites for hydroxylation is 2. The third kappa shape index (κ3) is 7.54. The van der Waals surface area contributed by atoms with Crippen molar-refractivity contribution in [3.05, 3.63) is 62.6 Å². The minimum atomic E-state index is -0.632. The number of hydrogen-bond acceptors (Lipinski definition) is 3. The molecule has 0 aromatic heterocycles. The van der Waals surface area contributed by atoms with Crippen LogP contribution in [0.4, 0.5) is 0 Å². The van der Waals surface area contributed by atoms with Gasteiger partial charge in [0.2, 0.25) is 5.91 Å². The maximum absolute atomic E-state index is 13.1. The number of nitrogens with one attached hydrogen (secondary N) is 1. The second-order valence-electron chi connectivity index (χ2n) is 8.12. The van der Waals surface area contributed by atoms with Crippen LogP contribution in [0.2, 0.25) is 5.02 Å². The van der Waals surface area contributed by atoms with Crippen molar-refractivity contribution in [2.24, 2.45) is 5.92 Å². The van der Waals surface area contributed by atoms with Gasteiger partial charge in [0, 0.05) is 22.6 Å². The fraction of sp³-hybridized carbons (Fsp3) is 0.417. The van der Waals surface area contributed by atoms with Gasteiger partial charge in [0.1, 0.15) is 11.8 Å². The lowest BCUT2D eigenvalue weighted by atomic mass is 10.1. The molecule has 0 spiro atoms. The van der Waals surface area contributed by atoms with Crippen LogP contribution >= 0.6 is 27.5 Å². The van der Waals surface area contributed by atoms with E-state index in [1.54, 1.807) is 24.0 Å². The van der Waals surface area contributed by atoms with Gasteiger partial charge in [-0.2, -0.15) is 0 Å². The van der Waals surface area contributed by atoms with E-state index in [2.05, 4.69) is 21.2 Å². The molecule has 1 N–H and O–H groups in total. The molecule has 0 saturated carbocycles. The summed E-state index contributed by atoms with van der Waals surface area (Å²) in [6.07, 6.45) is 0. The molecular formula is C24H30BrClN2O3. The predicted octanol–water partition coefficient (Wildman–Crippen LogP) is 5.29. The van der Waals surface area contributed by atoms with E-state index < -0.39 is 6.04 Å². The molecule has 0 unspecified atom stereocenters. The highest BCUT2D eigenvalue weighted by atomic mass is 79.9. The van der Waals surface area contributed by atoms with Gasteiger partial charge in [0.15, 0.2) is 6.61 Å². The summed E-state index contributed by atoms with van der Waals surface area (Å²) in [5.74, 6) is 0.456. The SMILES string of the molecule is Cc1cc(OCC(=O)N(Cc2ccc(Br)cc2)[C@@H](C)C(=O)NCC(C)C)cc(C)c1Cl. The Morgan fingerprint density at radius 3 is 2.23 bits per heavy atom. The summed E-state index contributed by atoms with van der Waals surface area (Å²) in [4.78, 5) is 27.3. The zero-order valence-corrected chi connectivity index (χ0v) is 21.0. The number of carbonyl (C=O) groups excluding carboxylic acids is 2. The zero-order valence-electron chi connectivity index (χ0n) is 18.7. The lowest BCUT2D eigenvalue weighted by molar-refractivity contribution is -0.142. The molecule has 0 aliphatic heterocycles. The molecule has 2 aromatic rings. The average Bonchev–Trinajstić information content (AvgIpc) is 2.73. The first kappa shape index (κ1) is 25.2.